The van der Waals surface area contributed by atoms with Gasteiger partial charge in [0.1, 0.15) is 0 Å². The molecule has 0 bridgehead atoms. The molecule has 2 heteroatoms. The zero-order chi connectivity index (χ0) is 10.7. The van der Waals surface area contributed by atoms with Crippen molar-refractivity contribution in [3.8, 4) is 0 Å². The second kappa shape index (κ2) is 4.27. The maximum absolute atomic E-state index is 10.8. The average molecular weight is 191 g/mol. The Labute approximate surface area is 85.3 Å². The van der Waals surface area contributed by atoms with Crippen LogP contribution in [0.1, 0.15) is 29.2 Å². The molecule has 0 unspecified atom stereocenters. The fourth-order valence-corrected chi connectivity index (χ4v) is 1.43. The summed E-state index contributed by atoms with van der Waals surface area (Å²) in [5.41, 5.74) is 5.01. The highest BCUT2D eigenvalue weighted by Gasteiger charge is 2.01. The monoisotopic (exact) mass is 191 g/mol. The minimum atomic E-state index is 0.0163. The molecule has 0 fully saturated rings. The lowest BCUT2D eigenvalue weighted by atomic mass is 10.0. The zero-order valence-corrected chi connectivity index (χ0v) is 9.27. The number of hydrogen-bond acceptors (Lipinski definition) is 1. The van der Waals surface area contributed by atoms with E-state index >= 15 is 0 Å². The number of amides is 1. The molecule has 0 aliphatic rings. The first-order valence-corrected chi connectivity index (χ1v) is 4.82. The standard InChI is InChI=1S/C12H17NO/c1-8-5-10(3)12(6-9(8)2)7-13-11(4)14/h5-6H,7H2,1-4H3,(H,13,14). The summed E-state index contributed by atoms with van der Waals surface area (Å²) in [5, 5.41) is 2.81. The van der Waals surface area contributed by atoms with Crippen LogP contribution >= 0.6 is 0 Å². The summed E-state index contributed by atoms with van der Waals surface area (Å²) in [5.74, 6) is 0.0163. The normalized spacial score (nSPS) is 10.0. The van der Waals surface area contributed by atoms with E-state index in [2.05, 4.69) is 38.2 Å². The molecule has 1 amide bonds. The van der Waals surface area contributed by atoms with Crippen LogP contribution in [0.3, 0.4) is 0 Å². The van der Waals surface area contributed by atoms with E-state index in [-0.39, 0.29) is 5.91 Å². The average Bonchev–Trinajstić information content (AvgIpc) is 2.09. The van der Waals surface area contributed by atoms with Crippen molar-refractivity contribution >= 4 is 5.91 Å². The van der Waals surface area contributed by atoms with Crippen molar-refractivity contribution in [1.29, 1.82) is 0 Å². The molecule has 0 radical (unpaired) electrons. The van der Waals surface area contributed by atoms with Crippen LogP contribution in [0.4, 0.5) is 0 Å². The van der Waals surface area contributed by atoms with Gasteiger partial charge in [-0.3, -0.25) is 4.79 Å². The summed E-state index contributed by atoms with van der Waals surface area (Å²) in [4.78, 5) is 10.8. The van der Waals surface area contributed by atoms with E-state index in [9.17, 15) is 4.79 Å². The molecule has 76 valence electrons. The first-order chi connectivity index (χ1) is 6.50. The van der Waals surface area contributed by atoms with Gasteiger partial charge in [0.05, 0.1) is 0 Å². The lowest BCUT2D eigenvalue weighted by Gasteiger charge is -2.09. The topological polar surface area (TPSA) is 29.1 Å². The van der Waals surface area contributed by atoms with Crippen LogP contribution in [0.5, 0.6) is 0 Å². The van der Waals surface area contributed by atoms with Gasteiger partial charge in [-0.1, -0.05) is 12.1 Å². The van der Waals surface area contributed by atoms with Crippen molar-refractivity contribution < 1.29 is 4.79 Å². The number of hydrogen-bond donors (Lipinski definition) is 1. The SMILES string of the molecule is CC(=O)NCc1cc(C)c(C)cc1C. The van der Waals surface area contributed by atoms with Gasteiger partial charge in [0.25, 0.3) is 0 Å². The Bertz CT molecular complexity index is 356. The molecule has 2 nitrogen and oxygen atoms in total. The quantitative estimate of drug-likeness (QED) is 0.763. The highest BCUT2D eigenvalue weighted by Crippen LogP contribution is 2.14. The van der Waals surface area contributed by atoms with Crippen molar-refractivity contribution in [2.45, 2.75) is 34.2 Å². The van der Waals surface area contributed by atoms with E-state index in [0.717, 1.165) is 0 Å². The van der Waals surface area contributed by atoms with Crippen molar-refractivity contribution in [3.05, 3.63) is 34.4 Å². The third-order valence-corrected chi connectivity index (χ3v) is 2.48. The second-order valence-corrected chi connectivity index (χ2v) is 3.77. The van der Waals surface area contributed by atoms with Crippen molar-refractivity contribution in [3.63, 3.8) is 0 Å². The van der Waals surface area contributed by atoms with Gasteiger partial charge in [-0.2, -0.15) is 0 Å². The molecule has 0 saturated carbocycles. The van der Waals surface area contributed by atoms with Gasteiger partial charge in [-0.15, -0.1) is 0 Å². The van der Waals surface area contributed by atoms with Crippen LogP contribution < -0.4 is 5.32 Å². The number of aryl methyl sites for hydroxylation is 3. The van der Waals surface area contributed by atoms with Gasteiger partial charge < -0.3 is 5.32 Å². The predicted molar refractivity (Wildman–Crippen MR) is 58.2 cm³/mol. The number of carbonyl (C=O) groups excluding carboxylic acids is 1. The summed E-state index contributed by atoms with van der Waals surface area (Å²) in [6.45, 7) is 8.43. The number of carbonyl (C=O) groups is 1. The van der Waals surface area contributed by atoms with Crippen molar-refractivity contribution in [2.24, 2.45) is 0 Å². The largest absolute Gasteiger partial charge is 0.352 e. The lowest BCUT2D eigenvalue weighted by molar-refractivity contribution is -0.119. The van der Waals surface area contributed by atoms with Gasteiger partial charge in [-0.05, 0) is 43.0 Å². The second-order valence-electron chi connectivity index (χ2n) is 3.77. The minimum Gasteiger partial charge on any atom is -0.352 e. The summed E-state index contributed by atoms with van der Waals surface area (Å²) in [7, 11) is 0. The van der Waals surface area contributed by atoms with Crippen molar-refractivity contribution in [1.82, 2.24) is 5.32 Å². The van der Waals surface area contributed by atoms with Crippen LogP contribution in [0.15, 0.2) is 12.1 Å². The Kier molecular flexibility index (Phi) is 3.28. The van der Waals surface area contributed by atoms with E-state index in [1.165, 1.54) is 29.2 Å². The van der Waals surface area contributed by atoms with Crippen LogP contribution in [0, 0.1) is 20.8 Å². The number of nitrogens with one attached hydrogen (secondary N) is 1. The molecular formula is C12H17NO. The van der Waals surface area contributed by atoms with Crippen LogP contribution in [-0.2, 0) is 11.3 Å². The van der Waals surface area contributed by atoms with Crippen molar-refractivity contribution in [2.75, 3.05) is 0 Å². The van der Waals surface area contributed by atoms with Crippen LogP contribution in [0.25, 0.3) is 0 Å². The molecule has 0 heterocycles. The molecule has 0 aliphatic heterocycles. The third-order valence-electron chi connectivity index (χ3n) is 2.48. The molecule has 0 aromatic heterocycles. The molecule has 1 aromatic rings. The smallest absolute Gasteiger partial charge is 0.217 e. The van der Waals surface area contributed by atoms with E-state index in [0.29, 0.717) is 6.54 Å². The van der Waals surface area contributed by atoms with Gasteiger partial charge in [0, 0.05) is 13.5 Å². The summed E-state index contributed by atoms with van der Waals surface area (Å²) < 4.78 is 0. The summed E-state index contributed by atoms with van der Waals surface area (Å²) >= 11 is 0. The zero-order valence-electron chi connectivity index (χ0n) is 9.27. The molecule has 1 aromatic carbocycles. The molecule has 0 spiro atoms. The van der Waals surface area contributed by atoms with E-state index in [1.54, 1.807) is 0 Å². The van der Waals surface area contributed by atoms with Crippen LogP contribution in [-0.4, -0.2) is 5.91 Å². The Balaban J connectivity index is 2.87. The van der Waals surface area contributed by atoms with Gasteiger partial charge >= 0.3 is 0 Å². The maximum Gasteiger partial charge on any atom is 0.217 e. The van der Waals surface area contributed by atoms with E-state index < -0.39 is 0 Å². The highest BCUT2D eigenvalue weighted by atomic mass is 16.1. The Hall–Kier alpha value is -1.31. The Morgan fingerprint density at radius 3 is 2.29 bits per heavy atom. The molecule has 0 aliphatic carbocycles. The molecular weight excluding hydrogens is 174 g/mol. The highest BCUT2D eigenvalue weighted by molar-refractivity contribution is 5.72. The fraction of sp³-hybridized carbons (Fsp3) is 0.417. The predicted octanol–water partition coefficient (Wildman–Crippen LogP) is 2.25. The summed E-state index contributed by atoms with van der Waals surface area (Å²) in [6.07, 6.45) is 0. The summed E-state index contributed by atoms with van der Waals surface area (Å²) in [6, 6.07) is 4.30. The fourth-order valence-electron chi connectivity index (χ4n) is 1.43. The van der Waals surface area contributed by atoms with E-state index in [4.69, 9.17) is 0 Å². The minimum absolute atomic E-state index is 0.0163. The Morgan fingerprint density at radius 2 is 1.71 bits per heavy atom. The molecule has 0 saturated heterocycles. The third kappa shape index (κ3) is 2.59. The first kappa shape index (κ1) is 10.8. The lowest BCUT2D eigenvalue weighted by Crippen LogP contribution is -2.19. The molecule has 1 N–H and O–H groups in total. The van der Waals surface area contributed by atoms with Gasteiger partial charge in [-0.25, -0.2) is 0 Å². The molecule has 14 heavy (non-hydrogen) atoms. The number of rotatable bonds is 2. The maximum atomic E-state index is 10.8. The van der Waals surface area contributed by atoms with Gasteiger partial charge in [0.15, 0.2) is 0 Å². The Morgan fingerprint density at radius 1 is 1.14 bits per heavy atom. The van der Waals surface area contributed by atoms with Gasteiger partial charge in [0.2, 0.25) is 5.91 Å². The number of benzene rings is 1. The van der Waals surface area contributed by atoms with Crippen LogP contribution in [0.2, 0.25) is 0 Å². The van der Waals surface area contributed by atoms with E-state index in [1.807, 2.05) is 0 Å². The first-order valence-electron chi connectivity index (χ1n) is 4.82. The molecule has 0 atom stereocenters. The molecule has 1 rings (SSSR count).